The van der Waals surface area contributed by atoms with Crippen LogP contribution < -0.4 is 5.32 Å². The van der Waals surface area contributed by atoms with Crippen LogP contribution in [0.4, 0.5) is 0 Å². The SMILES string of the molecule is CCn1cc(CC2(CC(C)C)CCC(=O)N2)cn1. The lowest BCUT2D eigenvalue weighted by Gasteiger charge is -2.30. The molecule has 100 valence electrons. The number of aryl methyl sites for hydroxylation is 1. The van der Waals surface area contributed by atoms with E-state index >= 15 is 0 Å². The number of rotatable bonds is 5. The van der Waals surface area contributed by atoms with Gasteiger partial charge >= 0.3 is 0 Å². The van der Waals surface area contributed by atoms with Crippen LogP contribution in [0.5, 0.6) is 0 Å². The number of nitrogens with one attached hydrogen (secondary N) is 1. The minimum Gasteiger partial charge on any atom is -0.350 e. The second kappa shape index (κ2) is 5.12. The van der Waals surface area contributed by atoms with Gasteiger partial charge in [-0.25, -0.2) is 0 Å². The molecule has 2 heterocycles. The Balaban J connectivity index is 2.12. The average molecular weight is 249 g/mol. The van der Waals surface area contributed by atoms with Crippen molar-refractivity contribution in [2.24, 2.45) is 5.92 Å². The highest BCUT2D eigenvalue weighted by Gasteiger charge is 2.38. The summed E-state index contributed by atoms with van der Waals surface area (Å²) in [6.07, 6.45) is 7.56. The molecule has 1 fully saturated rings. The topological polar surface area (TPSA) is 46.9 Å². The third-order valence-corrected chi connectivity index (χ3v) is 3.59. The molecule has 1 saturated heterocycles. The maximum Gasteiger partial charge on any atom is 0.220 e. The molecule has 1 aromatic rings. The van der Waals surface area contributed by atoms with Gasteiger partial charge in [0, 0.05) is 24.7 Å². The van der Waals surface area contributed by atoms with E-state index in [0.29, 0.717) is 12.3 Å². The van der Waals surface area contributed by atoms with Crippen molar-refractivity contribution in [3.63, 3.8) is 0 Å². The predicted octanol–water partition coefficient (Wildman–Crippen LogP) is 2.14. The van der Waals surface area contributed by atoms with E-state index in [1.165, 1.54) is 5.56 Å². The minimum atomic E-state index is -0.0488. The van der Waals surface area contributed by atoms with Crippen LogP contribution in [-0.4, -0.2) is 21.2 Å². The Labute approximate surface area is 109 Å². The van der Waals surface area contributed by atoms with E-state index in [2.05, 4.69) is 37.4 Å². The molecule has 0 radical (unpaired) electrons. The van der Waals surface area contributed by atoms with Crippen LogP contribution in [-0.2, 0) is 17.8 Å². The molecule has 1 aliphatic rings. The summed E-state index contributed by atoms with van der Waals surface area (Å²) in [7, 11) is 0. The lowest BCUT2D eigenvalue weighted by atomic mass is 9.83. The van der Waals surface area contributed by atoms with Gasteiger partial charge in [0.1, 0.15) is 0 Å². The van der Waals surface area contributed by atoms with Crippen molar-refractivity contribution in [1.29, 1.82) is 0 Å². The van der Waals surface area contributed by atoms with Crippen molar-refractivity contribution < 1.29 is 4.79 Å². The molecule has 0 bridgehead atoms. The molecule has 1 aliphatic heterocycles. The van der Waals surface area contributed by atoms with Crippen molar-refractivity contribution in [3.05, 3.63) is 18.0 Å². The van der Waals surface area contributed by atoms with Crippen molar-refractivity contribution in [1.82, 2.24) is 15.1 Å². The summed E-state index contributed by atoms with van der Waals surface area (Å²) in [6.45, 7) is 7.39. The van der Waals surface area contributed by atoms with Gasteiger partial charge in [0.05, 0.1) is 6.20 Å². The van der Waals surface area contributed by atoms with E-state index in [0.717, 1.165) is 25.8 Å². The first-order valence-corrected chi connectivity index (χ1v) is 6.85. The van der Waals surface area contributed by atoms with Gasteiger partial charge in [-0.2, -0.15) is 5.10 Å². The Bertz CT molecular complexity index is 424. The summed E-state index contributed by atoms with van der Waals surface area (Å²) in [5, 5.41) is 7.51. The molecule has 0 aliphatic carbocycles. The molecule has 0 saturated carbocycles. The van der Waals surface area contributed by atoms with Gasteiger partial charge in [-0.1, -0.05) is 13.8 Å². The summed E-state index contributed by atoms with van der Waals surface area (Å²) < 4.78 is 1.94. The van der Waals surface area contributed by atoms with Gasteiger partial charge in [-0.15, -0.1) is 0 Å². The molecule has 1 unspecified atom stereocenters. The summed E-state index contributed by atoms with van der Waals surface area (Å²) in [4.78, 5) is 11.6. The summed E-state index contributed by atoms with van der Waals surface area (Å²) in [5.74, 6) is 0.781. The monoisotopic (exact) mass is 249 g/mol. The Kier molecular flexibility index (Phi) is 3.73. The summed E-state index contributed by atoms with van der Waals surface area (Å²) in [6, 6.07) is 0. The van der Waals surface area contributed by atoms with E-state index in [1.54, 1.807) is 0 Å². The maximum absolute atomic E-state index is 11.6. The fraction of sp³-hybridized carbons (Fsp3) is 0.714. The number of nitrogens with zero attached hydrogens (tertiary/aromatic N) is 2. The second-order valence-corrected chi connectivity index (χ2v) is 5.81. The zero-order valence-electron chi connectivity index (χ0n) is 11.6. The van der Waals surface area contributed by atoms with E-state index in [4.69, 9.17) is 0 Å². The summed E-state index contributed by atoms with van der Waals surface area (Å²) >= 11 is 0. The molecule has 1 N–H and O–H groups in total. The first-order valence-electron chi connectivity index (χ1n) is 6.85. The average Bonchev–Trinajstić information content (AvgIpc) is 2.86. The number of hydrogen-bond acceptors (Lipinski definition) is 2. The number of hydrogen-bond donors (Lipinski definition) is 1. The molecule has 4 nitrogen and oxygen atoms in total. The quantitative estimate of drug-likeness (QED) is 0.869. The fourth-order valence-corrected chi connectivity index (χ4v) is 2.97. The van der Waals surface area contributed by atoms with Crippen LogP contribution in [0, 0.1) is 5.92 Å². The van der Waals surface area contributed by atoms with Crippen molar-refractivity contribution in [3.8, 4) is 0 Å². The van der Waals surface area contributed by atoms with Crippen molar-refractivity contribution >= 4 is 5.91 Å². The third-order valence-electron chi connectivity index (χ3n) is 3.59. The largest absolute Gasteiger partial charge is 0.350 e. The van der Waals surface area contributed by atoms with Crippen molar-refractivity contribution in [2.45, 2.75) is 58.5 Å². The van der Waals surface area contributed by atoms with Crippen molar-refractivity contribution in [2.75, 3.05) is 0 Å². The van der Waals surface area contributed by atoms with Gasteiger partial charge in [0.25, 0.3) is 0 Å². The number of carbonyl (C=O) groups is 1. The van der Waals surface area contributed by atoms with Crippen LogP contribution in [0.25, 0.3) is 0 Å². The third kappa shape index (κ3) is 2.92. The standard InChI is InChI=1S/C14H23N3O/c1-4-17-10-12(9-15-17)8-14(7-11(2)3)6-5-13(18)16-14/h9-11H,4-8H2,1-3H3,(H,16,18). The molecule has 18 heavy (non-hydrogen) atoms. The zero-order chi connectivity index (χ0) is 13.2. The Morgan fingerprint density at radius 3 is 2.83 bits per heavy atom. The molecule has 0 aromatic carbocycles. The molecule has 1 atom stereocenters. The number of carbonyl (C=O) groups excluding carboxylic acids is 1. The number of amides is 1. The molecular weight excluding hydrogens is 226 g/mol. The highest BCUT2D eigenvalue weighted by Crippen LogP contribution is 2.31. The van der Waals surface area contributed by atoms with E-state index < -0.39 is 0 Å². The smallest absolute Gasteiger partial charge is 0.220 e. The first kappa shape index (κ1) is 13.1. The lowest BCUT2D eigenvalue weighted by Crippen LogP contribution is -2.44. The van der Waals surface area contributed by atoms with Crippen LogP contribution in [0.2, 0.25) is 0 Å². The predicted molar refractivity (Wildman–Crippen MR) is 71.2 cm³/mol. The van der Waals surface area contributed by atoms with Crippen LogP contribution in [0.3, 0.4) is 0 Å². The molecular formula is C14H23N3O. The molecule has 1 amide bonds. The zero-order valence-corrected chi connectivity index (χ0v) is 11.6. The van der Waals surface area contributed by atoms with Crippen LogP contribution in [0.1, 0.15) is 45.6 Å². The van der Waals surface area contributed by atoms with Gasteiger partial charge in [0.15, 0.2) is 0 Å². The van der Waals surface area contributed by atoms with E-state index in [-0.39, 0.29) is 11.4 Å². The van der Waals surface area contributed by atoms with Gasteiger partial charge in [-0.05, 0) is 37.7 Å². The highest BCUT2D eigenvalue weighted by atomic mass is 16.2. The Hall–Kier alpha value is -1.32. The highest BCUT2D eigenvalue weighted by molar-refractivity contribution is 5.79. The second-order valence-electron chi connectivity index (χ2n) is 5.81. The van der Waals surface area contributed by atoms with Gasteiger partial charge in [0.2, 0.25) is 5.91 Å². The van der Waals surface area contributed by atoms with Gasteiger partial charge in [-0.3, -0.25) is 9.48 Å². The normalized spacial score (nSPS) is 23.7. The molecule has 4 heteroatoms. The Morgan fingerprint density at radius 1 is 1.56 bits per heavy atom. The number of aromatic nitrogens is 2. The first-order chi connectivity index (χ1) is 8.53. The summed E-state index contributed by atoms with van der Waals surface area (Å²) in [5.41, 5.74) is 1.17. The van der Waals surface area contributed by atoms with Gasteiger partial charge < -0.3 is 5.32 Å². The van der Waals surface area contributed by atoms with Crippen LogP contribution >= 0.6 is 0 Å². The molecule has 1 aromatic heterocycles. The van der Waals surface area contributed by atoms with Crippen LogP contribution in [0.15, 0.2) is 12.4 Å². The minimum absolute atomic E-state index is 0.0488. The molecule has 0 spiro atoms. The Morgan fingerprint density at radius 2 is 2.33 bits per heavy atom. The van der Waals surface area contributed by atoms with E-state index in [9.17, 15) is 4.79 Å². The van der Waals surface area contributed by atoms with E-state index in [1.807, 2.05) is 10.9 Å². The maximum atomic E-state index is 11.6. The molecule has 2 rings (SSSR count). The fourth-order valence-electron chi connectivity index (χ4n) is 2.97. The lowest BCUT2D eigenvalue weighted by molar-refractivity contribution is -0.119.